The largest absolute Gasteiger partial charge is 0.481 e. The number of carbonyl (C=O) groups excluding carboxylic acids is 2. The number of rotatable bonds is 7. The minimum Gasteiger partial charge on any atom is -0.481 e. The quantitative estimate of drug-likeness (QED) is 0.415. The number of halogens is 2. The maximum Gasteiger partial charge on any atom is 0.310 e. The molecule has 3 heterocycles. The number of anilines is 1. The van der Waals surface area contributed by atoms with Crippen molar-refractivity contribution < 1.29 is 29.3 Å². The first-order chi connectivity index (χ1) is 15.2. The van der Waals surface area contributed by atoms with E-state index in [0.29, 0.717) is 17.1 Å². The summed E-state index contributed by atoms with van der Waals surface area (Å²) in [7, 11) is 0. The van der Waals surface area contributed by atoms with Gasteiger partial charge in [0.2, 0.25) is 5.91 Å². The number of carboxylic acid groups (broad SMARTS) is 1. The maximum atomic E-state index is 14.1. The van der Waals surface area contributed by atoms with Gasteiger partial charge in [0.15, 0.2) is 0 Å². The number of carboxylic acids is 1. The smallest absolute Gasteiger partial charge is 0.310 e. The molecule has 3 aliphatic rings. The third-order valence-electron chi connectivity index (χ3n) is 6.71. The zero-order chi connectivity index (χ0) is 23.4. The standard InChI is InChI=1S/C22H24BrClN2O6/c1-3-8-25(14-7-5-4-6-13(14)24)20(29)18-22-9-12(23)17(32-22)15(21(30)31)16(22)19(28)26(18)11(2)10-27/h3-7,11-12,15-18,27H,1,8-10H2,2H3,(H,30,31)/t11-,12?,15+,16-,17+,18+,22-/m1/s1. The molecule has 2 bridgehead atoms. The number of likely N-dealkylation sites (tertiary alicyclic amines) is 1. The number of amides is 2. The van der Waals surface area contributed by atoms with Crippen molar-refractivity contribution in [1.82, 2.24) is 4.90 Å². The zero-order valence-corrected chi connectivity index (χ0v) is 19.7. The molecule has 3 fully saturated rings. The summed E-state index contributed by atoms with van der Waals surface area (Å²) < 4.78 is 6.22. The van der Waals surface area contributed by atoms with Crippen LogP contribution in [0.4, 0.5) is 5.69 Å². The summed E-state index contributed by atoms with van der Waals surface area (Å²) in [5.74, 6) is -4.19. The van der Waals surface area contributed by atoms with Crippen molar-refractivity contribution in [2.75, 3.05) is 18.1 Å². The van der Waals surface area contributed by atoms with Crippen LogP contribution in [0.1, 0.15) is 13.3 Å². The van der Waals surface area contributed by atoms with Gasteiger partial charge in [-0.15, -0.1) is 6.58 Å². The van der Waals surface area contributed by atoms with Crippen LogP contribution in [-0.2, 0) is 19.1 Å². The molecule has 2 N–H and O–H groups in total. The first-order valence-electron chi connectivity index (χ1n) is 10.3. The number of aliphatic carboxylic acids is 1. The van der Waals surface area contributed by atoms with Crippen LogP contribution >= 0.6 is 27.5 Å². The van der Waals surface area contributed by atoms with Crippen LogP contribution in [0.25, 0.3) is 0 Å². The molecule has 1 unspecified atom stereocenters. The van der Waals surface area contributed by atoms with E-state index in [2.05, 4.69) is 22.5 Å². The Morgan fingerprint density at radius 2 is 2.16 bits per heavy atom. The van der Waals surface area contributed by atoms with E-state index in [-0.39, 0.29) is 18.0 Å². The Hall–Kier alpha value is -1.94. The fourth-order valence-electron chi connectivity index (χ4n) is 5.45. The number of hydrogen-bond donors (Lipinski definition) is 2. The van der Waals surface area contributed by atoms with Crippen LogP contribution in [0.5, 0.6) is 0 Å². The SMILES string of the molecule is C=CCN(C(=O)[C@@H]1N([C@H](C)CO)C(=O)[C@H]2[C@H](C(=O)O)[C@H]3O[C@@]12CC3Br)c1ccccc1Cl. The molecular formula is C22H24BrClN2O6. The summed E-state index contributed by atoms with van der Waals surface area (Å²) in [6.45, 7) is 5.10. The molecule has 10 heteroatoms. The molecule has 1 aromatic rings. The van der Waals surface area contributed by atoms with Crippen molar-refractivity contribution in [3.05, 3.63) is 41.9 Å². The number of aliphatic hydroxyl groups excluding tert-OH is 1. The molecule has 0 aliphatic carbocycles. The second kappa shape index (κ2) is 8.44. The first-order valence-corrected chi connectivity index (χ1v) is 11.6. The van der Waals surface area contributed by atoms with Gasteiger partial charge in [0.25, 0.3) is 5.91 Å². The second-order valence-electron chi connectivity index (χ2n) is 8.47. The van der Waals surface area contributed by atoms with E-state index in [4.69, 9.17) is 16.3 Å². The lowest BCUT2D eigenvalue weighted by atomic mass is 9.70. The van der Waals surface area contributed by atoms with Crippen LogP contribution in [0, 0.1) is 11.8 Å². The Morgan fingerprint density at radius 3 is 2.75 bits per heavy atom. The van der Waals surface area contributed by atoms with Gasteiger partial charge in [-0.2, -0.15) is 0 Å². The monoisotopic (exact) mass is 526 g/mol. The number of para-hydroxylation sites is 1. The number of ether oxygens (including phenoxy) is 1. The Kier molecular flexibility index (Phi) is 6.13. The van der Waals surface area contributed by atoms with Gasteiger partial charge in [0, 0.05) is 11.4 Å². The molecule has 0 saturated carbocycles. The summed E-state index contributed by atoms with van der Waals surface area (Å²) in [6, 6.07) is 5.00. The molecule has 172 valence electrons. The average Bonchev–Trinajstić information content (AvgIpc) is 3.35. The highest BCUT2D eigenvalue weighted by Crippen LogP contribution is 2.60. The Morgan fingerprint density at radius 1 is 1.47 bits per heavy atom. The number of hydrogen-bond acceptors (Lipinski definition) is 5. The second-order valence-corrected chi connectivity index (χ2v) is 10.1. The molecule has 32 heavy (non-hydrogen) atoms. The van der Waals surface area contributed by atoms with Gasteiger partial charge >= 0.3 is 5.97 Å². The minimum atomic E-state index is -1.32. The van der Waals surface area contributed by atoms with E-state index in [0.717, 1.165) is 0 Å². The molecule has 1 spiro atoms. The van der Waals surface area contributed by atoms with Crippen LogP contribution in [-0.4, -0.2) is 74.7 Å². The summed E-state index contributed by atoms with van der Waals surface area (Å²) >= 11 is 9.87. The normalized spacial score (nSPS) is 33.8. The summed E-state index contributed by atoms with van der Waals surface area (Å²) in [4.78, 5) is 42.1. The molecular weight excluding hydrogens is 504 g/mol. The lowest BCUT2D eigenvalue weighted by molar-refractivity contribution is -0.150. The van der Waals surface area contributed by atoms with E-state index < -0.39 is 53.4 Å². The number of alkyl halides is 1. The molecule has 0 radical (unpaired) electrons. The molecule has 3 saturated heterocycles. The molecule has 3 aliphatic heterocycles. The van der Waals surface area contributed by atoms with Crippen molar-refractivity contribution in [1.29, 1.82) is 0 Å². The molecule has 1 aromatic carbocycles. The van der Waals surface area contributed by atoms with Crippen molar-refractivity contribution in [2.45, 2.75) is 42.0 Å². The van der Waals surface area contributed by atoms with Crippen molar-refractivity contribution in [2.24, 2.45) is 11.8 Å². The Balaban J connectivity index is 1.85. The predicted octanol–water partition coefficient (Wildman–Crippen LogP) is 2.07. The van der Waals surface area contributed by atoms with Gasteiger partial charge in [-0.1, -0.05) is 45.7 Å². The highest BCUT2D eigenvalue weighted by atomic mass is 79.9. The number of nitrogens with zero attached hydrogens (tertiary/aromatic N) is 2. The molecule has 4 rings (SSSR count). The van der Waals surface area contributed by atoms with Gasteiger partial charge in [-0.3, -0.25) is 14.4 Å². The summed E-state index contributed by atoms with van der Waals surface area (Å²) in [5.41, 5.74) is -0.874. The molecule has 0 aromatic heterocycles. The fourth-order valence-corrected chi connectivity index (χ4v) is 6.63. The topological polar surface area (TPSA) is 107 Å². The number of fused-ring (bicyclic) bond motifs is 1. The number of aliphatic hydroxyl groups is 1. The highest BCUT2D eigenvalue weighted by molar-refractivity contribution is 9.09. The fraction of sp³-hybridized carbons (Fsp3) is 0.500. The van der Waals surface area contributed by atoms with Crippen LogP contribution in [0.15, 0.2) is 36.9 Å². The van der Waals surface area contributed by atoms with Gasteiger partial charge in [0.1, 0.15) is 11.6 Å². The van der Waals surface area contributed by atoms with Crippen LogP contribution < -0.4 is 4.90 Å². The van der Waals surface area contributed by atoms with Crippen LogP contribution in [0.3, 0.4) is 0 Å². The summed E-state index contributed by atoms with van der Waals surface area (Å²) in [5, 5.41) is 20.1. The third kappa shape index (κ3) is 3.21. The van der Waals surface area contributed by atoms with E-state index in [1.807, 2.05) is 0 Å². The third-order valence-corrected chi connectivity index (χ3v) is 7.87. The van der Waals surface area contributed by atoms with E-state index in [1.165, 1.54) is 9.80 Å². The Bertz CT molecular complexity index is 975. The zero-order valence-electron chi connectivity index (χ0n) is 17.4. The van der Waals surface area contributed by atoms with Crippen molar-refractivity contribution in [3.63, 3.8) is 0 Å². The van der Waals surface area contributed by atoms with Crippen LogP contribution in [0.2, 0.25) is 5.02 Å². The first kappa shape index (κ1) is 23.2. The number of carbonyl (C=O) groups is 3. The van der Waals surface area contributed by atoms with E-state index >= 15 is 0 Å². The summed E-state index contributed by atoms with van der Waals surface area (Å²) in [6.07, 6.45) is 1.12. The average molecular weight is 528 g/mol. The van der Waals surface area contributed by atoms with Gasteiger partial charge in [-0.25, -0.2) is 0 Å². The lowest BCUT2D eigenvalue weighted by Crippen LogP contribution is -2.58. The van der Waals surface area contributed by atoms with Gasteiger partial charge in [0.05, 0.1) is 41.3 Å². The Labute approximate surface area is 198 Å². The van der Waals surface area contributed by atoms with Crippen molar-refractivity contribution >= 4 is 51.0 Å². The van der Waals surface area contributed by atoms with Gasteiger partial charge < -0.3 is 24.7 Å². The molecule has 8 nitrogen and oxygen atoms in total. The van der Waals surface area contributed by atoms with Gasteiger partial charge in [-0.05, 0) is 25.5 Å². The minimum absolute atomic E-state index is 0.124. The maximum absolute atomic E-state index is 14.1. The van der Waals surface area contributed by atoms with E-state index in [9.17, 15) is 24.6 Å². The lowest BCUT2D eigenvalue weighted by Gasteiger charge is -2.38. The molecule has 7 atom stereocenters. The number of benzene rings is 1. The molecule has 2 amide bonds. The van der Waals surface area contributed by atoms with E-state index in [1.54, 1.807) is 37.3 Å². The van der Waals surface area contributed by atoms with Crippen molar-refractivity contribution in [3.8, 4) is 0 Å². The predicted molar refractivity (Wildman–Crippen MR) is 121 cm³/mol. The highest BCUT2D eigenvalue weighted by Gasteiger charge is 2.77.